The zero-order valence-electron chi connectivity index (χ0n) is 21.9. The quantitative estimate of drug-likeness (QED) is 0.260. The normalized spacial score (nSPS) is 12.7. The fourth-order valence-electron chi connectivity index (χ4n) is 5.08. The summed E-state index contributed by atoms with van der Waals surface area (Å²) in [5, 5.41) is 0. The number of hydrogen-bond donors (Lipinski definition) is 0. The molecule has 0 N–H and O–H groups in total. The van der Waals surface area contributed by atoms with Crippen LogP contribution in [0.3, 0.4) is 0 Å². The van der Waals surface area contributed by atoms with Crippen LogP contribution in [0.1, 0.15) is 50.1 Å². The van der Waals surface area contributed by atoms with Crippen molar-refractivity contribution in [3.63, 3.8) is 0 Å². The van der Waals surface area contributed by atoms with Crippen LogP contribution in [0, 0.1) is 48.5 Å². The second-order valence-electron chi connectivity index (χ2n) is 10.0. The monoisotopic (exact) mass is 462 g/mol. The molecule has 2 aliphatic rings. The van der Waals surface area contributed by atoms with Crippen LogP contribution < -0.4 is 9.47 Å². The number of rotatable bonds is 0. The van der Waals surface area contributed by atoms with Crippen molar-refractivity contribution in [2.24, 2.45) is 0 Å². The molecule has 0 aromatic heterocycles. The number of hydrogen-bond acceptors (Lipinski definition) is 2. The van der Waals surface area contributed by atoms with Crippen LogP contribution in [0.15, 0.2) is 54.6 Å². The third-order valence-corrected chi connectivity index (χ3v) is 7.87. The lowest BCUT2D eigenvalue weighted by molar-refractivity contribution is 0.299. The molecule has 0 aliphatic carbocycles. The summed E-state index contributed by atoms with van der Waals surface area (Å²) < 4.78 is 11.9. The van der Waals surface area contributed by atoms with Crippen molar-refractivity contribution in [2.75, 3.05) is 0 Å². The SMILES string of the molecule is Cc1ccc2c(c1)OCc1c-2ccc(C)c1C.Cc1ccc2c(c1C)COc1c-2ccc(C)c1C. The third kappa shape index (κ3) is 4.01. The molecule has 2 heteroatoms. The molecular weight excluding hydrogens is 428 g/mol. The maximum atomic E-state index is 6.00. The van der Waals surface area contributed by atoms with Gasteiger partial charge in [0.05, 0.1) is 0 Å². The van der Waals surface area contributed by atoms with Gasteiger partial charge >= 0.3 is 0 Å². The summed E-state index contributed by atoms with van der Waals surface area (Å²) in [4.78, 5) is 0. The van der Waals surface area contributed by atoms with E-state index in [0.717, 1.165) is 11.5 Å². The molecule has 2 aliphatic heterocycles. The summed E-state index contributed by atoms with van der Waals surface area (Å²) in [5.41, 5.74) is 17.0. The van der Waals surface area contributed by atoms with Crippen LogP contribution >= 0.6 is 0 Å². The minimum atomic E-state index is 0.694. The smallest absolute Gasteiger partial charge is 0.130 e. The lowest BCUT2D eigenvalue weighted by atomic mass is 9.89. The molecule has 0 spiro atoms. The van der Waals surface area contributed by atoms with Crippen molar-refractivity contribution in [2.45, 2.75) is 61.7 Å². The van der Waals surface area contributed by atoms with Gasteiger partial charge in [-0.1, -0.05) is 48.5 Å². The largest absolute Gasteiger partial charge is 0.488 e. The molecule has 0 unspecified atom stereocenters. The van der Waals surface area contributed by atoms with Gasteiger partial charge in [0.25, 0.3) is 0 Å². The van der Waals surface area contributed by atoms with E-state index in [0.29, 0.717) is 13.2 Å². The summed E-state index contributed by atoms with van der Waals surface area (Å²) >= 11 is 0. The highest BCUT2D eigenvalue weighted by molar-refractivity contribution is 5.79. The predicted octanol–water partition coefficient (Wildman–Crippen LogP) is 8.65. The van der Waals surface area contributed by atoms with Gasteiger partial charge in [0.1, 0.15) is 24.7 Å². The van der Waals surface area contributed by atoms with E-state index in [2.05, 4.69) is 103 Å². The van der Waals surface area contributed by atoms with Crippen LogP contribution in [0.25, 0.3) is 22.3 Å². The van der Waals surface area contributed by atoms with E-state index in [1.807, 2.05) is 0 Å². The van der Waals surface area contributed by atoms with Crippen molar-refractivity contribution in [3.8, 4) is 33.8 Å². The van der Waals surface area contributed by atoms with E-state index in [-0.39, 0.29) is 0 Å². The molecule has 0 saturated carbocycles. The van der Waals surface area contributed by atoms with Crippen LogP contribution in [-0.4, -0.2) is 0 Å². The molecule has 0 bridgehead atoms. The minimum Gasteiger partial charge on any atom is -0.488 e. The lowest BCUT2D eigenvalue weighted by Crippen LogP contribution is -2.09. The van der Waals surface area contributed by atoms with Gasteiger partial charge in [-0.05, 0) is 105 Å². The molecule has 0 amide bonds. The van der Waals surface area contributed by atoms with Crippen LogP contribution in [0.5, 0.6) is 11.5 Å². The van der Waals surface area contributed by atoms with Gasteiger partial charge < -0.3 is 9.47 Å². The Morgan fingerprint density at radius 2 is 0.971 bits per heavy atom. The molecule has 0 atom stereocenters. The molecule has 4 aromatic carbocycles. The van der Waals surface area contributed by atoms with Crippen molar-refractivity contribution >= 4 is 0 Å². The Balaban J connectivity index is 0.000000145. The molecule has 35 heavy (non-hydrogen) atoms. The van der Waals surface area contributed by atoms with Crippen molar-refractivity contribution in [1.82, 2.24) is 0 Å². The number of aryl methyl sites for hydroxylation is 4. The van der Waals surface area contributed by atoms with Gasteiger partial charge in [0.2, 0.25) is 0 Å². The summed E-state index contributed by atoms with van der Waals surface area (Å²) in [5.74, 6) is 2.08. The van der Waals surface area contributed by atoms with Gasteiger partial charge in [0, 0.05) is 22.3 Å². The van der Waals surface area contributed by atoms with Crippen molar-refractivity contribution in [1.29, 1.82) is 0 Å². The highest BCUT2D eigenvalue weighted by atomic mass is 16.5. The molecule has 0 radical (unpaired) electrons. The Kier molecular flexibility index (Phi) is 5.92. The zero-order valence-corrected chi connectivity index (χ0v) is 21.9. The van der Waals surface area contributed by atoms with Gasteiger partial charge in [-0.2, -0.15) is 0 Å². The maximum absolute atomic E-state index is 6.00. The van der Waals surface area contributed by atoms with E-state index in [9.17, 15) is 0 Å². The van der Waals surface area contributed by atoms with Crippen molar-refractivity contribution in [3.05, 3.63) is 105 Å². The first kappa shape index (κ1) is 23.2. The average Bonchev–Trinajstić information content (AvgIpc) is 2.85. The van der Waals surface area contributed by atoms with Gasteiger partial charge in [-0.25, -0.2) is 0 Å². The highest BCUT2D eigenvalue weighted by Crippen LogP contribution is 2.42. The van der Waals surface area contributed by atoms with E-state index < -0.39 is 0 Å². The first-order valence-electron chi connectivity index (χ1n) is 12.4. The van der Waals surface area contributed by atoms with Crippen molar-refractivity contribution < 1.29 is 9.47 Å². The van der Waals surface area contributed by atoms with E-state index in [1.165, 1.54) is 72.3 Å². The first-order chi connectivity index (χ1) is 16.8. The molecular formula is C33H34O2. The Hall–Kier alpha value is -3.52. The number of fused-ring (bicyclic) bond motifs is 6. The molecule has 178 valence electrons. The third-order valence-electron chi connectivity index (χ3n) is 7.87. The van der Waals surface area contributed by atoms with Crippen LogP contribution in [-0.2, 0) is 13.2 Å². The van der Waals surface area contributed by atoms with E-state index >= 15 is 0 Å². The Morgan fingerprint density at radius 3 is 1.60 bits per heavy atom. The Labute approximate surface area is 209 Å². The maximum Gasteiger partial charge on any atom is 0.130 e. The van der Waals surface area contributed by atoms with Crippen LogP contribution in [0.2, 0.25) is 0 Å². The molecule has 2 heterocycles. The Morgan fingerprint density at radius 1 is 0.486 bits per heavy atom. The minimum absolute atomic E-state index is 0.694. The molecule has 4 aromatic rings. The van der Waals surface area contributed by atoms with Crippen LogP contribution in [0.4, 0.5) is 0 Å². The average molecular weight is 463 g/mol. The lowest BCUT2D eigenvalue weighted by Gasteiger charge is -2.25. The second-order valence-corrected chi connectivity index (χ2v) is 10.0. The topological polar surface area (TPSA) is 18.5 Å². The predicted molar refractivity (Wildman–Crippen MR) is 146 cm³/mol. The zero-order chi connectivity index (χ0) is 24.9. The standard InChI is InChI=1S/C17H18O.C16H16O/c1-10-5-7-14-15-8-6-11(2)13(4)17(15)18-9-16(14)12(10)3;1-10-4-6-14-13-7-5-11(2)12(3)15(13)9-17-16(14)8-10/h5-8H,9H2,1-4H3;4-8H,9H2,1-3H3. The van der Waals surface area contributed by atoms with Gasteiger partial charge in [-0.15, -0.1) is 0 Å². The summed E-state index contributed by atoms with van der Waals surface area (Å²) in [7, 11) is 0. The Bertz CT molecular complexity index is 1400. The van der Waals surface area contributed by atoms with E-state index in [1.54, 1.807) is 0 Å². The number of benzene rings is 4. The fraction of sp³-hybridized carbons (Fsp3) is 0.273. The van der Waals surface area contributed by atoms with Gasteiger partial charge in [0.15, 0.2) is 0 Å². The molecule has 0 fully saturated rings. The summed E-state index contributed by atoms with van der Waals surface area (Å²) in [6.07, 6.45) is 0. The summed E-state index contributed by atoms with van der Waals surface area (Å²) in [6, 6.07) is 19.6. The molecule has 6 rings (SSSR count). The molecule has 2 nitrogen and oxygen atoms in total. The fourth-order valence-corrected chi connectivity index (χ4v) is 5.08. The first-order valence-corrected chi connectivity index (χ1v) is 12.4. The summed E-state index contributed by atoms with van der Waals surface area (Å²) in [6.45, 7) is 16.4. The molecule has 0 saturated heterocycles. The number of ether oxygens (including phenoxy) is 2. The second kappa shape index (κ2) is 8.92. The van der Waals surface area contributed by atoms with Gasteiger partial charge in [-0.3, -0.25) is 0 Å². The van der Waals surface area contributed by atoms with E-state index in [4.69, 9.17) is 9.47 Å². The highest BCUT2D eigenvalue weighted by Gasteiger charge is 2.22.